The molecule has 0 spiro atoms. The van der Waals surface area contributed by atoms with Crippen LogP contribution in [0.15, 0.2) is 84.9 Å². The van der Waals surface area contributed by atoms with Crippen LogP contribution in [0.3, 0.4) is 0 Å². The molecule has 0 radical (unpaired) electrons. The van der Waals surface area contributed by atoms with E-state index in [1.54, 1.807) is 0 Å². The average Bonchev–Trinajstić information content (AvgIpc) is 3.19. The molecule has 1 aromatic heterocycles. The van der Waals surface area contributed by atoms with E-state index in [0.717, 1.165) is 21.8 Å². The summed E-state index contributed by atoms with van der Waals surface area (Å²) in [5.74, 6) is 0. The minimum atomic E-state index is -1.91. The number of hydrogen-bond donors (Lipinski definition) is 0. The summed E-state index contributed by atoms with van der Waals surface area (Å²) >= 11 is 0. The first-order valence-electron chi connectivity index (χ1n) is 11.1. The quantitative estimate of drug-likeness (QED) is 0.378. The lowest BCUT2D eigenvalue weighted by Crippen LogP contribution is -2.75. The van der Waals surface area contributed by atoms with E-state index in [1.165, 1.54) is 21.3 Å². The second kappa shape index (κ2) is 6.97. The largest absolute Gasteiger partial charge is 0.374 e. The van der Waals surface area contributed by atoms with Crippen molar-refractivity contribution in [3.05, 3.63) is 96.1 Å². The minimum Gasteiger partial charge on any atom is -0.374 e. The van der Waals surface area contributed by atoms with Crippen molar-refractivity contribution in [3.8, 4) is 12.1 Å². The second-order valence-electron chi connectivity index (χ2n) is 9.20. The van der Waals surface area contributed by atoms with Crippen LogP contribution < -0.4 is 21.3 Å². The van der Waals surface area contributed by atoms with Crippen LogP contribution in [0.25, 0.3) is 21.8 Å². The zero-order chi connectivity index (χ0) is 22.7. The zero-order valence-corrected chi connectivity index (χ0v) is 19.5. The van der Waals surface area contributed by atoms with Gasteiger partial charge in [-0.1, -0.05) is 107 Å². The van der Waals surface area contributed by atoms with Gasteiger partial charge in [0.05, 0.1) is 22.2 Å². The summed E-state index contributed by atoms with van der Waals surface area (Å²) in [6.45, 7) is 4.71. The van der Waals surface area contributed by atoms with Crippen molar-refractivity contribution in [1.82, 2.24) is 4.48 Å². The molecule has 1 aliphatic heterocycles. The molecule has 0 N–H and O–H groups in total. The first kappa shape index (κ1) is 19.6. The molecule has 5 aromatic rings. The molecule has 5 heteroatoms. The van der Waals surface area contributed by atoms with Gasteiger partial charge in [-0.2, -0.15) is 10.5 Å². The van der Waals surface area contributed by atoms with Crippen LogP contribution in [-0.2, 0) is 0 Å². The number of rotatable bonds is 1. The number of hydrogen-bond acceptors (Lipinski definition) is 2. The van der Waals surface area contributed by atoms with Crippen LogP contribution in [0.5, 0.6) is 0 Å². The van der Waals surface area contributed by atoms with Gasteiger partial charge in [-0.25, -0.2) is 0 Å². The van der Waals surface area contributed by atoms with Gasteiger partial charge in [-0.05, 0) is 12.1 Å². The number of para-hydroxylation sites is 2. The smallest absolute Gasteiger partial charge is 0.328 e. The van der Waals surface area contributed by atoms with Gasteiger partial charge in [0, 0.05) is 10.8 Å². The molecule has 6 rings (SSSR count). The maximum Gasteiger partial charge on any atom is 0.328 e. The van der Waals surface area contributed by atoms with Crippen molar-refractivity contribution in [2.24, 2.45) is 0 Å². The third kappa shape index (κ3) is 2.55. The summed E-state index contributed by atoms with van der Waals surface area (Å²) in [6.07, 6.45) is 0. The lowest BCUT2D eigenvalue weighted by Gasteiger charge is -2.37. The molecule has 0 amide bonds. The lowest BCUT2D eigenvalue weighted by molar-refractivity contribution is 1.32. The summed E-state index contributed by atoms with van der Waals surface area (Å²) in [5.41, 5.74) is 5.59. The molecule has 0 aliphatic carbocycles. The van der Waals surface area contributed by atoms with E-state index in [2.05, 4.69) is 90.4 Å². The monoisotopic (exact) mass is 437 g/mol. The molecule has 0 fully saturated rings. The summed E-state index contributed by atoms with van der Waals surface area (Å²) in [7, 11) is -1.91. The molecule has 2 heterocycles. The van der Waals surface area contributed by atoms with Gasteiger partial charge >= 0.3 is 6.85 Å². The van der Waals surface area contributed by atoms with Crippen molar-refractivity contribution >= 4 is 58.0 Å². The average molecular weight is 437 g/mol. The molecule has 154 valence electrons. The van der Waals surface area contributed by atoms with Crippen molar-refractivity contribution in [2.45, 2.75) is 13.1 Å². The highest BCUT2D eigenvalue weighted by Gasteiger charge is 2.42. The number of aromatic nitrogens is 1. The van der Waals surface area contributed by atoms with E-state index in [9.17, 15) is 10.5 Å². The molecule has 3 nitrogen and oxygen atoms in total. The molecular weight excluding hydrogens is 417 g/mol. The maximum atomic E-state index is 10.1. The molecule has 1 aliphatic rings. The summed E-state index contributed by atoms with van der Waals surface area (Å²) in [5, 5.41) is 25.0. The first-order valence-corrected chi connectivity index (χ1v) is 14.1. The lowest BCUT2D eigenvalue weighted by atomic mass is 9.49. The first-order chi connectivity index (χ1) is 16.1. The molecule has 4 aromatic carbocycles. The topological polar surface area (TPSA) is 52.5 Å². The van der Waals surface area contributed by atoms with Crippen LogP contribution in [-0.4, -0.2) is 19.4 Å². The number of benzene rings is 4. The number of nitriles is 2. The van der Waals surface area contributed by atoms with Gasteiger partial charge in [0.25, 0.3) is 0 Å². The van der Waals surface area contributed by atoms with Gasteiger partial charge in [0.2, 0.25) is 0 Å². The highest BCUT2D eigenvalue weighted by atomic mass is 28.3. The minimum absolute atomic E-state index is 0.109. The fourth-order valence-corrected chi connectivity index (χ4v) is 8.99. The Kier molecular flexibility index (Phi) is 4.14. The summed E-state index contributed by atoms with van der Waals surface area (Å²) in [6, 6.07) is 34.1. The van der Waals surface area contributed by atoms with Gasteiger partial charge in [-0.15, -0.1) is 0 Å². The highest BCUT2D eigenvalue weighted by Crippen LogP contribution is 2.33. The van der Waals surface area contributed by atoms with Crippen molar-refractivity contribution in [3.63, 3.8) is 0 Å². The molecule has 0 bridgehead atoms. The Labute approximate surface area is 194 Å². The van der Waals surface area contributed by atoms with E-state index in [1.807, 2.05) is 24.3 Å². The molecular formula is C28H20BN3Si. The Bertz CT molecular complexity index is 1560. The normalized spacial score (nSPS) is 13.9. The van der Waals surface area contributed by atoms with Crippen LogP contribution in [0, 0.1) is 22.7 Å². The van der Waals surface area contributed by atoms with E-state index in [-0.39, 0.29) is 6.85 Å². The van der Waals surface area contributed by atoms with Crippen LogP contribution >= 0.6 is 0 Å². The third-order valence-corrected chi connectivity index (χ3v) is 10.8. The predicted octanol–water partition coefficient (Wildman–Crippen LogP) is 3.33. The third-order valence-electron chi connectivity index (χ3n) is 7.20. The standard InChI is InChI=1S/C28H20BN3Si/c1-33(2)25-15-5-3-13-23(25)29(24-14-4-6-16-26(24)33)32-27-19(17-30)9-7-11-21(27)22-12-8-10-20(18-31)28(22)32/h3-16H,1-2H3. The Balaban J connectivity index is 1.87. The predicted molar refractivity (Wildman–Crippen MR) is 139 cm³/mol. The number of fused-ring (bicyclic) bond motifs is 5. The van der Waals surface area contributed by atoms with Crippen molar-refractivity contribution in [1.29, 1.82) is 10.5 Å². The van der Waals surface area contributed by atoms with E-state index in [0.29, 0.717) is 11.1 Å². The molecule has 33 heavy (non-hydrogen) atoms. The van der Waals surface area contributed by atoms with Crippen LogP contribution in [0.1, 0.15) is 11.1 Å². The Morgan fingerprint density at radius 1 is 0.636 bits per heavy atom. The van der Waals surface area contributed by atoms with Crippen LogP contribution in [0.4, 0.5) is 0 Å². The van der Waals surface area contributed by atoms with Gasteiger partial charge in [-0.3, -0.25) is 0 Å². The molecule has 0 saturated carbocycles. The fraction of sp³-hybridized carbons (Fsp3) is 0.0714. The second-order valence-corrected chi connectivity index (χ2v) is 13.5. The summed E-state index contributed by atoms with van der Waals surface area (Å²) < 4.78 is 2.27. The maximum absolute atomic E-state index is 10.1. The van der Waals surface area contributed by atoms with Gasteiger partial charge in [0.15, 0.2) is 0 Å². The SMILES string of the molecule is C[Si]1(C)c2ccccc2B(n2c3c(C#N)cccc3c3cccc(C#N)c32)c2ccccc21. The Morgan fingerprint density at radius 2 is 1.09 bits per heavy atom. The van der Waals surface area contributed by atoms with Gasteiger partial charge < -0.3 is 4.48 Å². The summed E-state index contributed by atoms with van der Waals surface area (Å²) in [4.78, 5) is 0. The Hall–Kier alpha value is -4.06. The van der Waals surface area contributed by atoms with Gasteiger partial charge in [0.1, 0.15) is 20.2 Å². The fourth-order valence-electron chi connectivity index (χ4n) is 5.79. The van der Waals surface area contributed by atoms with E-state index < -0.39 is 8.07 Å². The molecule has 0 atom stereocenters. The zero-order valence-electron chi connectivity index (χ0n) is 18.5. The molecule has 0 saturated heterocycles. The number of nitrogens with zero attached hydrogens (tertiary/aromatic N) is 3. The van der Waals surface area contributed by atoms with Crippen molar-refractivity contribution in [2.75, 3.05) is 0 Å². The molecule has 0 unspecified atom stereocenters. The van der Waals surface area contributed by atoms with Crippen LogP contribution in [0.2, 0.25) is 13.1 Å². The van der Waals surface area contributed by atoms with E-state index >= 15 is 0 Å². The Morgan fingerprint density at radius 3 is 1.55 bits per heavy atom. The van der Waals surface area contributed by atoms with E-state index in [4.69, 9.17) is 0 Å². The highest BCUT2D eigenvalue weighted by molar-refractivity contribution is 7.11. The van der Waals surface area contributed by atoms with Crippen molar-refractivity contribution < 1.29 is 0 Å².